The molecule has 0 heterocycles. The zero-order valence-electron chi connectivity index (χ0n) is 19.2. The molecule has 0 fully saturated rings. The molecule has 0 saturated carbocycles. The van der Waals surface area contributed by atoms with E-state index >= 15 is 0 Å². The first-order chi connectivity index (χ1) is 15.0. The summed E-state index contributed by atoms with van der Waals surface area (Å²) in [5.41, 5.74) is 0. The standard InChI is InChI=1S/C22H46N2O7/c1-2-3-4-5-6-7-8-9-15-31-16-11-13-23-12-10-14-24-22(30)21(29)20(28)19(27)18(26)17-25/h18-21,23,25-29H,2-17H2,1H3,(H,24,30)/t18-,19-,20+,21-/m1/s1. The predicted octanol–water partition coefficient (Wildman–Crippen LogP) is 0.0656. The fourth-order valence-electron chi connectivity index (χ4n) is 3.07. The van der Waals surface area contributed by atoms with Crippen molar-refractivity contribution in [3.63, 3.8) is 0 Å². The van der Waals surface area contributed by atoms with Crippen molar-refractivity contribution in [2.24, 2.45) is 0 Å². The summed E-state index contributed by atoms with van der Waals surface area (Å²) >= 11 is 0. The molecule has 0 aliphatic heterocycles. The molecule has 0 aliphatic carbocycles. The van der Waals surface area contributed by atoms with Gasteiger partial charge in [0.15, 0.2) is 6.10 Å². The maximum absolute atomic E-state index is 11.7. The second-order valence-electron chi connectivity index (χ2n) is 8.01. The van der Waals surface area contributed by atoms with Gasteiger partial charge in [0.25, 0.3) is 5.91 Å². The topological polar surface area (TPSA) is 152 Å². The van der Waals surface area contributed by atoms with Crippen LogP contribution in [0.25, 0.3) is 0 Å². The predicted molar refractivity (Wildman–Crippen MR) is 120 cm³/mol. The second kappa shape index (κ2) is 21.1. The molecule has 186 valence electrons. The third-order valence-corrected chi connectivity index (χ3v) is 5.14. The largest absolute Gasteiger partial charge is 0.394 e. The highest BCUT2D eigenvalue weighted by Gasteiger charge is 2.33. The van der Waals surface area contributed by atoms with E-state index in [1.807, 2.05) is 0 Å². The second-order valence-corrected chi connectivity index (χ2v) is 8.01. The van der Waals surface area contributed by atoms with Crippen molar-refractivity contribution in [1.29, 1.82) is 0 Å². The van der Waals surface area contributed by atoms with Gasteiger partial charge in [-0.3, -0.25) is 4.79 Å². The number of hydrogen-bond acceptors (Lipinski definition) is 8. The maximum Gasteiger partial charge on any atom is 0.251 e. The van der Waals surface area contributed by atoms with E-state index in [2.05, 4.69) is 17.6 Å². The average Bonchev–Trinajstić information content (AvgIpc) is 2.78. The highest BCUT2D eigenvalue weighted by Crippen LogP contribution is 2.08. The van der Waals surface area contributed by atoms with E-state index in [9.17, 15) is 25.2 Å². The van der Waals surface area contributed by atoms with Gasteiger partial charge in [-0.05, 0) is 32.4 Å². The van der Waals surface area contributed by atoms with Gasteiger partial charge in [0.05, 0.1) is 6.61 Å². The molecule has 0 bridgehead atoms. The van der Waals surface area contributed by atoms with Gasteiger partial charge in [-0.15, -0.1) is 0 Å². The van der Waals surface area contributed by atoms with Gasteiger partial charge in [-0.2, -0.15) is 0 Å². The number of unbranched alkanes of at least 4 members (excludes halogenated alkanes) is 7. The van der Waals surface area contributed by atoms with Gasteiger partial charge in [-0.25, -0.2) is 0 Å². The van der Waals surface area contributed by atoms with Crippen LogP contribution in [0.4, 0.5) is 0 Å². The number of carbonyl (C=O) groups excluding carboxylic acids is 1. The van der Waals surface area contributed by atoms with Crippen LogP contribution in [-0.4, -0.2) is 95.3 Å². The number of carbonyl (C=O) groups is 1. The Balaban J connectivity index is 3.45. The molecule has 9 nitrogen and oxygen atoms in total. The van der Waals surface area contributed by atoms with Crippen molar-refractivity contribution in [2.75, 3.05) is 39.5 Å². The van der Waals surface area contributed by atoms with Crippen LogP contribution >= 0.6 is 0 Å². The first kappa shape index (κ1) is 30.2. The van der Waals surface area contributed by atoms with Crippen molar-refractivity contribution in [1.82, 2.24) is 10.6 Å². The van der Waals surface area contributed by atoms with Gasteiger partial charge in [0.2, 0.25) is 0 Å². The Morgan fingerprint density at radius 2 is 1.35 bits per heavy atom. The number of rotatable bonds is 22. The molecular weight excluding hydrogens is 404 g/mol. The van der Waals surface area contributed by atoms with Gasteiger partial charge < -0.3 is 40.9 Å². The zero-order chi connectivity index (χ0) is 23.3. The van der Waals surface area contributed by atoms with Crippen molar-refractivity contribution in [3.05, 3.63) is 0 Å². The Kier molecular flexibility index (Phi) is 20.5. The normalized spacial score (nSPS) is 15.4. The van der Waals surface area contributed by atoms with Crippen LogP contribution in [0, 0.1) is 0 Å². The van der Waals surface area contributed by atoms with Crippen LogP contribution in [0.15, 0.2) is 0 Å². The van der Waals surface area contributed by atoms with Gasteiger partial charge in [-0.1, -0.05) is 51.9 Å². The molecule has 0 aromatic carbocycles. The molecule has 0 aromatic rings. The molecule has 0 radical (unpaired) electrons. The summed E-state index contributed by atoms with van der Waals surface area (Å²) < 4.78 is 5.63. The Morgan fingerprint density at radius 3 is 2.00 bits per heavy atom. The number of aliphatic hydroxyl groups excluding tert-OH is 5. The molecule has 31 heavy (non-hydrogen) atoms. The third kappa shape index (κ3) is 16.5. The molecule has 9 heteroatoms. The lowest BCUT2D eigenvalue weighted by molar-refractivity contribution is -0.148. The van der Waals surface area contributed by atoms with Crippen molar-refractivity contribution in [3.8, 4) is 0 Å². The van der Waals surface area contributed by atoms with E-state index in [4.69, 9.17) is 9.84 Å². The Hall–Kier alpha value is -0.810. The highest BCUT2D eigenvalue weighted by atomic mass is 16.5. The van der Waals surface area contributed by atoms with E-state index in [0.29, 0.717) is 19.5 Å². The minimum Gasteiger partial charge on any atom is -0.394 e. The Bertz CT molecular complexity index is 415. The molecule has 0 spiro atoms. The van der Waals surface area contributed by atoms with Crippen LogP contribution in [0.2, 0.25) is 0 Å². The summed E-state index contributed by atoms with van der Waals surface area (Å²) in [6.07, 6.45) is 4.67. The quantitative estimate of drug-likeness (QED) is 0.114. The van der Waals surface area contributed by atoms with Crippen molar-refractivity contribution >= 4 is 5.91 Å². The maximum atomic E-state index is 11.7. The summed E-state index contributed by atoms with van der Waals surface area (Å²) in [6.45, 7) is 4.79. The number of hydrogen-bond donors (Lipinski definition) is 7. The van der Waals surface area contributed by atoms with Crippen LogP contribution in [0.1, 0.15) is 71.1 Å². The SMILES string of the molecule is CCCCCCCCCCOCCCNCCCNC(=O)[C@H](O)[C@@H](O)[C@H](O)[C@H](O)CO. The average molecular weight is 451 g/mol. The molecule has 1 amide bonds. The summed E-state index contributed by atoms with van der Waals surface area (Å²) in [6, 6.07) is 0. The van der Waals surface area contributed by atoms with Gasteiger partial charge in [0, 0.05) is 19.8 Å². The molecule has 0 aliphatic rings. The molecule has 0 saturated heterocycles. The van der Waals surface area contributed by atoms with E-state index in [1.54, 1.807) is 0 Å². The smallest absolute Gasteiger partial charge is 0.251 e. The fraction of sp³-hybridized carbons (Fsp3) is 0.955. The summed E-state index contributed by atoms with van der Waals surface area (Å²) in [4.78, 5) is 11.7. The lowest BCUT2D eigenvalue weighted by Crippen LogP contribution is -2.51. The molecule has 7 N–H and O–H groups in total. The number of ether oxygens (including phenoxy) is 1. The molecule has 0 aromatic heterocycles. The number of amides is 1. The third-order valence-electron chi connectivity index (χ3n) is 5.14. The first-order valence-corrected chi connectivity index (χ1v) is 11.8. The van der Waals surface area contributed by atoms with Crippen LogP contribution in [0.5, 0.6) is 0 Å². The number of aliphatic hydroxyl groups is 5. The molecule has 4 atom stereocenters. The Morgan fingerprint density at radius 1 is 0.774 bits per heavy atom. The van der Waals surface area contributed by atoms with Gasteiger partial charge in [0.1, 0.15) is 18.3 Å². The summed E-state index contributed by atoms with van der Waals surface area (Å²) in [5, 5.41) is 52.5. The van der Waals surface area contributed by atoms with Gasteiger partial charge >= 0.3 is 0 Å². The van der Waals surface area contributed by atoms with E-state index in [-0.39, 0.29) is 0 Å². The minimum absolute atomic E-state index is 0.295. The van der Waals surface area contributed by atoms with E-state index in [1.165, 1.54) is 44.9 Å². The zero-order valence-corrected chi connectivity index (χ0v) is 19.2. The summed E-state index contributed by atoms with van der Waals surface area (Å²) in [5.74, 6) is -0.842. The monoisotopic (exact) mass is 450 g/mol. The lowest BCUT2D eigenvalue weighted by atomic mass is 10.0. The minimum atomic E-state index is -1.89. The first-order valence-electron chi connectivity index (χ1n) is 11.8. The fourth-order valence-corrected chi connectivity index (χ4v) is 3.07. The number of nitrogens with one attached hydrogen (secondary N) is 2. The van der Waals surface area contributed by atoms with Crippen molar-refractivity contribution < 1.29 is 35.1 Å². The Labute approximate surface area is 187 Å². The summed E-state index contributed by atoms with van der Waals surface area (Å²) in [7, 11) is 0. The van der Waals surface area contributed by atoms with E-state index in [0.717, 1.165) is 32.6 Å². The van der Waals surface area contributed by atoms with Crippen LogP contribution in [-0.2, 0) is 9.53 Å². The van der Waals surface area contributed by atoms with Crippen molar-refractivity contribution in [2.45, 2.75) is 95.5 Å². The lowest BCUT2D eigenvalue weighted by Gasteiger charge is -2.24. The van der Waals surface area contributed by atoms with Crippen LogP contribution in [0.3, 0.4) is 0 Å². The molecule has 0 rings (SSSR count). The highest BCUT2D eigenvalue weighted by molar-refractivity contribution is 5.81. The molecular formula is C22H46N2O7. The van der Waals surface area contributed by atoms with E-state index < -0.39 is 36.9 Å². The van der Waals surface area contributed by atoms with Crippen LogP contribution < -0.4 is 10.6 Å². The molecule has 0 unspecified atom stereocenters.